The summed E-state index contributed by atoms with van der Waals surface area (Å²) in [6.45, 7) is 1.56. The van der Waals surface area contributed by atoms with Crippen molar-refractivity contribution < 1.29 is 23.8 Å². The summed E-state index contributed by atoms with van der Waals surface area (Å²) in [6.07, 6.45) is 0.0122. The maximum absolute atomic E-state index is 12.1. The number of nitrogens with zero attached hydrogens (tertiary/aromatic N) is 1. The minimum Gasteiger partial charge on any atom is -0.483 e. The Labute approximate surface area is 180 Å². The Morgan fingerprint density at radius 1 is 1.17 bits per heavy atom. The lowest BCUT2D eigenvalue weighted by atomic mass is 10.2. The van der Waals surface area contributed by atoms with Gasteiger partial charge in [0.25, 0.3) is 5.91 Å². The highest BCUT2D eigenvalue weighted by Crippen LogP contribution is 2.34. The maximum Gasteiger partial charge on any atom is 0.277 e. The van der Waals surface area contributed by atoms with Gasteiger partial charge in [0.2, 0.25) is 12.7 Å². The molecule has 8 nitrogen and oxygen atoms in total. The Kier molecular flexibility index (Phi) is 6.95. The van der Waals surface area contributed by atoms with Crippen molar-refractivity contribution >= 4 is 50.7 Å². The third-order valence-corrected chi connectivity index (χ3v) is 4.55. The normalized spacial score (nSPS) is 12.4. The summed E-state index contributed by atoms with van der Waals surface area (Å²) in [7, 11) is 0. The average molecular weight is 483 g/mol. The summed E-state index contributed by atoms with van der Waals surface area (Å²) in [4.78, 5) is 24.0. The van der Waals surface area contributed by atoms with Crippen LogP contribution in [-0.2, 0) is 9.59 Å². The molecule has 0 radical (unpaired) electrons. The van der Waals surface area contributed by atoms with E-state index in [-0.39, 0.29) is 25.7 Å². The predicted octanol–water partition coefficient (Wildman–Crippen LogP) is 3.73. The van der Waals surface area contributed by atoms with Gasteiger partial charge >= 0.3 is 0 Å². The van der Waals surface area contributed by atoms with Gasteiger partial charge in [0, 0.05) is 22.5 Å². The van der Waals surface area contributed by atoms with Crippen molar-refractivity contribution in [2.24, 2.45) is 5.10 Å². The molecule has 0 bridgehead atoms. The number of fused-ring (bicyclic) bond motifs is 1. The van der Waals surface area contributed by atoms with Crippen molar-refractivity contribution in [3.63, 3.8) is 0 Å². The number of ether oxygens (including phenoxy) is 3. The number of carbonyl (C=O) groups excluding carboxylic acids is 2. The highest BCUT2D eigenvalue weighted by molar-refractivity contribution is 9.10. The standard InChI is InChI=1S/C19H17BrClN3O5/c1-11(6-18(25)22-13-3-5-16-17(8-13)29-10-28-16)23-24-19(26)9-27-15-4-2-12(21)7-14(15)20/h2-5,7-8H,6,9-10H2,1H3,(H,22,25)(H,24,26)/b23-11+. The van der Waals surface area contributed by atoms with Crippen molar-refractivity contribution in [3.8, 4) is 17.2 Å². The summed E-state index contributed by atoms with van der Waals surface area (Å²) in [5.41, 5.74) is 3.37. The van der Waals surface area contributed by atoms with Gasteiger partial charge in [-0.25, -0.2) is 5.43 Å². The van der Waals surface area contributed by atoms with E-state index < -0.39 is 5.91 Å². The molecule has 0 fully saturated rings. The number of carbonyl (C=O) groups is 2. The molecule has 29 heavy (non-hydrogen) atoms. The zero-order valence-electron chi connectivity index (χ0n) is 15.3. The van der Waals surface area contributed by atoms with Crippen molar-refractivity contribution in [3.05, 3.63) is 45.9 Å². The average Bonchev–Trinajstić information content (AvgIpc) is 3.13. The molecule has 0 aliphatic carbocycles. The number of hydrogen-bond acceptors (Lipinski definition) is 6. The smallest absolute Gasteiger partial charge is 0.277 e. The highest BCUT2D eigenvalue weighted by atomic mass is 79.9. The molecule has 10 heteroatoms. The first kappa shape index (κ1) is 20.9. The monoisotopic (exact) mass is 481 g/mol. The van der Waals surface area contributed by atoms with Gasteiger partial charge in [-0.05, 0) is 53.2 Å². The molecule has 152 valence electrons. The molecule has 2 aromatic carbocycles. The van der Waals surface area contributed by atoms with Crippen molar-refractivity contribution in [1.29, 1.82) is 0 Å². The topological polar surface area (TPSA) is 98.3 Å². The van der Waals surface area contributed by atoms with Gasteiger partial charge in [-0.15, -0.1) is 0 Å². The van der Waals surface area contributed by atoms with Crippen LogP contribution in [0, 0.1) is 0 Å². The summed E-state index contributed by atoms with van der Waals surface area (Å²) < 4.78 is 16.5. The number of benzene rings is 2. The summed E-state index contributed by atoms with van der Waals surface area (Å²) in [6, 6.07) is 10.1. The third-order valence-electron chi connectivity index (χ3n) is 3.70. The molecule has 0 atom stereocenters. The van der Waals surface area contributed by atoms with Gasteiger partial charge in [-0.1, -0.05) is 11.6 Å². The van der Waals surface area contributed by atoms with Gasteiger partial charge in [0.1, 0.15) is 5.75 Å². The van der Waals surface area contributed by atoms with E-state index in [1.54, 1.807) is 43.3 Å². The largest absolute Gasteiger partial charge is 0.483 e. The second-order valence-corrected chi connectivity index (χ2v) is 7.33. The second kappa shape index (κ2) is 9.62. The molecular formula is C19H17BrClN3O5. The minimum atomic E-state index is -0.456. The fourth-order valence-electron chi connectivity index (χ4n) is 2.38. The van der Waals surface area contributed by atoms with E-state index in [4.69, 9.17) is 25.8 Å². The number of rotatable bonds is 7. The van der Waals surface area contributed by atoms with Crippen LogP contribution in [-0.4, -0.2) is 30.9 Å². The van der Waals surface area contributed by atoms with E-state index in [0.717, 1.165) is 0 Å². The van der Waals surface area contributed by atoms with Crippen LogP contribution in [0.4, 0.5) is 5.69 Å². The first-order valence-electron chi connectivity index (χ1n) is 8.50. The molecule has 1 heterocycles. The fourth-order valence-corrected chi connectivity index (χ4v) is 3.17. The highest BCUT2D eigenvalue weighted by Gasteiger charge is 2.14. The second-order valence-electron chi connectivity index (χ2n) is 6.04. The number of anilines is 1. The van der Waals surface area contributed by atoms with Gasteiger partial charge in [-0.3, -0.25) is 9.59 Å². The molecule has 0 aromatic heterocycles. The molecule has 2 N–H and O–H groups in total. The van der Waals surface area contributed by atoms with Crippen LogP contribution in [0.2, 0.25) is 5.02 Å². The molecule has 0 spiro atoms. The van der Waals surface area contributed by atoms with Crippen LogP contribution in [0.15, 0.2) is 46.0 Å². The number of hydrogen-bond donors (Lipinski definition) is 2. The van der Waals surface area contributed by atoms with E-state index >= 15 is 0 Å². The van der Waals surface area contributed by atoms with Crippen LogP contribution in [0.3, 0.4) is 0 Å². The van der Waals surface area contributed by atoms with E-state index in [1.165, 1.54) is 0 Å². The summed E-state index contributed by atoms with van der Waals surface area (Å²) >= 11 is 9.16. The molecule has 2 amide bonds. The van der Waals surface area contributed by atoms with Crippen LogP contribution in [0.25, 0.3) is 0 Å². The Morgan fingerprint density at radius 2 is 1.97 bits per heavy atom. The lowest BCUT2D eigenvalue weighted by Crippen LogP contribution is -2.26. The van der Waals surface area contributed by atoms with E-state index in [1.807, 2.05) is 0 Å². The number of nitrogens with one attached hydrogen (secondary N) is 2. The van der Waals surface area contributed by atoms with E-state index in [2.05, 4.69) is 31.8 Å². The molecule has 0 unspecified atom stereocenters. The molecule has 3 rings (SSSR count). The van der Waals surface area contributed by atoms with Crippen LogP contribution >= 0.6 is 27.5 Å². The molecule has 2 aromatic rings. The van der Waals surface area contributed by atoms with Gasteiger partial charge in [0.05, 0.1) is 10.9 Å². The van der Waals surface area contributed by atoms with Gasteiger partial charge in [0.15, 0.2) is 18.1 Å². The molecule has 0 saturated heterocycles. The number of amides is 2. The molecule has 1 aliphatic rings. The first-order chi connectivity index (χ1) is 13.9. The number of halogens is 2. The lowest BCUT2D eigenvalue weighted by molar-refractivity contribution is -0.123. The van der Waals surface area contributed by atoms with Crippen molar-refractivity contribution in [2.45, 2.75) is 13.3 Å². The third kappa shape index (κ3) is 6.10. The zero-order valence-corrected chi connectivity index (χ0v) is 17.7. The Hall–Kier alpha value is -2.78. The van der Waals surface area contributed by atoms with Crippen LogP contribution in [0.1, 0.15) is 13.3 Å². The van der Waals surface area contributed by atoms with E-state index in [0.29, 0.717) is 38.1 Å². The van der Waals surface area contributed by atoms with Crippen LogP contribution in [0.5, 0.6) is 17.2 Å². The van der Waals surface area contributed by atoms with E-state index in [9.17, 15) is 9.59 Å². The van der Waals surface area contributed by atoms with Gasteiger partial charge < -0.3 is 19.5 Å². The molecule has 0 saturated carbocycles. The maximum atomic E-state index is 12.1. The Morgan fingerprint density at radius 3 is 2.76 bits per heavy atom. The van der Waals surface area contributed by atoms with Gasteiger partial charge in [-0.2, -0.15) is 5.10 Å². The fraction of sp³-hybridized carbons (Fsp3) is 0.211. The van der Waals surface area contributed by atoms with Crippen molar-refractivity contribution in [1.82, 2.24) is 5.43 Å². The lowest BCUT2D eigenvalue weighted by Gasteiger charge is -2.08. The molecule has 1 aliphatic heterocycles. The quantitative estimate of drug-likeness (QED) is 0.463. The van der Waals surface area contributed by atoms with Crippen molar-refractivity contribution in [2.75, 3.05) is 18.7 Å². The summed E-state index contributed by atoms with van der Waals surface area (Å²) in [5.74, 6) is 0.959. The SMILES string of the molecule is C/C(CC(=O)Nc1ccc2c(c1)OCO2)=N\NC(=O)COc1ccc(Cl)cc1Br. The predicted molar refractivity (Wildman–Crippen MR) is 112 cm³/mol. The first-order valence-corrected chi connectivity index (χ1v) is 9.67. The number of hydrazone groups is 1. The Bertz CT molecular complexity index is 967. The summed E-state index contributed by atoms with van der Waals surface area (Å²) in [5, 5.41) is 7.20. The van der Waals surface area contributed by atoms with Crippen LogP contribution < -0.4 is 25.0 Å². The Balaban J connectivity index is 1.44. The minimum absolute atomic E-state index is 0.0122. The molecular weight excluding hydrogens is 466 g/mol. The zero-order chi connectivity index (χ0) is 20.8.